The number of carbonyl (C=O) groups excluding carboxylic acids is 1. The summed E-state index contributed by atoms with van der Waals surface area (Å²) in [6, 6.07) is 9.32. The lowest BCUT2D eigenvalue weighted by Crippen LogP contribution is -2.71. The van der Waals surface area contributed by atoms with Crippen LogP contribution in [0.2, 0.25) is 18.1 Å². The molecule has 28 heavy (non-hydrogen) atoms. The summed E-state index contributed by atoms with van der Waals surface area (Å²) in [7, 11) is -2.01. The largest absolute Gasteiger partial charge is 0.498 e. The maximum absolute atomic E-state index is 12.5. The summed E-state index contributed by atoms with van der Waals surface area (Å²) in [5.41, 5.74) is -0.519. The first kappa shape index (κ1) is 22.9. The summed E-state index contributed by atoms with van der Waals surface area (Å²) in [4.78, 5) is 12.5. The molecule has 0 saturated carbocycles. The molecule has 0 radical (unpaired) electrons. The Morgan fingerprint density at radius 1 is 1.14 bits per heavy atom. The zero-order chi connectivity index (χ0) is 21.4. The van der Waals surface area contributed by atoms with Crippen molar-refractivity contribution in [2.75, 3.05) is 13.2 Å². The number of amides is 1. The van der Waals surface area contributed by atoms with Crippen LogP contribution in [0, 0.1) is 0 Å². The van der Waals surface area contributed by atoms with E-state index >= 15 is 0 Å². The van der Waals surface area contributed by atoms with E-state index in [-0.39, 0.29) is 21.7 Å². The standard InChI is InChI=1S/C22H37NO4Si/c1-21(2,3)23(20(24)25)15-19(27-28(7,8)22(4,5)6)14-17(23)16-26-18-12-10-9-11-13-18/h9-13,17,19H,14-16H2,1-8H3/t17-,19+,23?/m1/s1. The molecule has 1 aliphatic heterocycles. The number of hydrogen-bond donors (Lipinski definition) is 0. The summed E-state index contributed by atoms with van der Waals surface area (Å²) in [6.07, 6.45) is -0.497. The van der Waals surface area contributed by atoms with Gasteiger partial charge in [-0.3, -0.25) is 4.48 Å². The molecular formula is C22H37NO4Si. The van der Waals surface area contributed by atoms with Gasteiger partial charge in [-0.2, -0.15) is 0 Å². The van der Waals surface area contributed by atoms with Crippen molar-refractivity contribution < 1.29 is 23.5 Å². The van der Waals surface area contributed by atoms with Gasteiger partial charge >= 0.3 is 0 Å². The topological polar surface area (TPSA) is 58.6 Å². The molecule has 0 aromatic heterocycles. The lowest BCUT2D eigenvalue weighted by molar-refractivity contribution is -0.931. The fourth-order valence-corrected chi connectivity index (χ4v) is 5.29. The second-order valence-corrected chi connectivity index (χ2v) is 15.3. The summed E-state index contributed by atoms with van der Waals surface area (Å²) in [6.45, 7) is 17.7. The molecule has 6 heteroatoms. The van der Waals surface area contributed by atoms with E-state index in [0.717, 1.165) is 5.75 Å². The van der Waals surface area contributed by atoms with Gasteiger partial charge in [-0.15, -0.1) is 0 Å². The van der Waals surface area contributed by atoms with Crippen molar-refractivity contribution in [3.8, 4) is 5.75 Å². The fourth-order valence-electron chi connectivity index (χ4n) is 3.93. The first-order valence-electron chi connectivity index (χ1n) is 10.2. The van der Waals surface area contributed by atoms with Crippen LogP contribution in [0.25, 0.3) is 0 Å². The number of carbonyl (C=O) groups is 1. The summed E-state index contributed by atoms with van der Waals surface area (Å²) >= 11 is 0. The maximum Gasteiger partial charge on any atom is 0.258 e. The molecule has 0 bridgehead atoms. The molecule has 1 unspecified atom stereocenters. The monoisotopic (exact) mass is 407 g/mol. The Labute approximate surface area is 171 Å². The third kappa shape index (κ3) is 4.44. The minimum Gasteiger partial charge on any atom is -0.498 e. The van der Waals surface area contributed by atoms with Crippen molar-refractivity contribution in [1.82, 2.24) is 0 Å². The van der Waals surface area contributed by atoms with E-state index < -0.39 is 19.9 Å². The highest BCUT2D eigenvalue weighted by molar-refractivity contribution is 6.74. The molecule has 5 nitrogen and oxygen atoms in total. The van der Waals surface area contributed by atoms with Crippen LogP contribution in [-0.4, -0.2) is 49.7 Å². The zero-order valence-electron chi connectivity index (χ0n) is 18.7. The van der Waals surface area contributed by atoms with Crippen LogP contribution in [-0.2, 0) is 4.43 Å². The van der Waals surface area contributed by atoms with Gasteiger partial charge in [0.2, 0.25) is 0 Å². The van der Waals surface area contributed by atoms with Crippen LogP contribution in [0.4, 0.5) is 4.79 Å². The highest BCUT2D eigenvalue weighted by Gasteiger charge is 2.57. The molecule has 1 amide bonds. The molecule has 0 N–H and O–H groups in total. The van der Waals surface area contributed by atoms with Crippen molar-refractivity contribution in [3.63, 3.8) is 0 Å². The molecular weight excluding hydrogens is 370 g/mol. The zero-order valence-corrected chi connectivity index (χ0v) is 19.7. The third-order valence-corrected chi connectivity index (χ3v) is 11.2. The molecule has 1 saturated heterocycles. The summed E-state index contributed by atoms with van der Waals surface area (Å²) in [5, 5.41) is 12.5. The summed E-state index contributed by atoms with van der Waals surface area (Å²) in [5.74, 6) is 0.752. The quantitative estimate of drug-likeness (QED) is 0.542. The van der Waals surface area contributed by atoms with E-state index in [1.807, 2.05) is 51.1 Å². The highest BCUT2D eigenvalue weighted by Crippen LogP contribution is 2.42. The molecule has 0 aliphatic carbocycles. The molecule has 3 atom stereocenters. The van der Waals surface area contributed by atoms with Crippen molar-refractivity contribution in [2.45, 2.75) is 83.8 Å². The van der Waals surface area contributed by atoms with Crippen LogP contribution in [0.1, 0.15) is 48.0 Å². The van der Waals surface area contributed by atoms with Crippen molar-refractivity contribution in [2.24, 2.45) is 0 Å². The normalized spacial score (nSPS) is 26.3. The molecule has 0 spiro atoms. The molecule has 2 rings (SSSR count). The molecule has 1 aliphatic rings. The van der Waals surface area contributed by atoms with E-state index in [1.54, 1.807) is 0 Å². The van der Waals surface area contributed by atoms with Crippen molar-refractivity contribution >= 4 is 14.4 Å². The highest BCUT2D eigenvalue weighted by atomic mass is 28.4. The first-order valence-corrected chi connectivity index (χ1v) is 13.1. The number of hydrogen-bond acceptors (Lipinski definition) is 4. The SMILES string of the molecule is CC(C)(C)[N+]1(C(=O)[O-])C[C@@H](O[Si](C)(C)C(C)(C)C)C[C@@H]1COc1ccccc1. The Balaban J connectivity index is 2.29. The molecule has 1 fully saturated rings. The van der Waals surface area contributed by atoms with Gasteiger partial charge in [-0.25, -0.2) is 0 Å². The van der Waals surface area contributed by atoms with Crippen LogP contribution >= 0.6 is 0 Å². The lowest BCUT2D eigenvalue weighted by Gasteiger charge is -2.49. The third-order valence-electron chi connectivity index (χ3n) is 6.63. The van der Waals surface area contributed by atoms with Gasteiger partial charge in [0.1, 0.15) is 31.0 Å². The number of ether oxygens (including phenoxy) is 1. The van der Waals surface area contributed by atoms with E-state index in [1.165, 1.54) is 0 Å². The molecule has 1 heterocycles. The minimum atomic E-state index is -2.01. The Bertz CT molecular complexity index is 678. The van der Waals surface area contributed by atoms with Crippen LogP contribution < -0.4 is 9.84 Å². The van der Waals surface area contributed by atoms with Gasteiger partial charge in [0, 0.05) is 6.42 Å². The summed E-state index contributed by atoms with van der Waals surface area (Å²) < 4.78 is 12.5. The first-order chi connectivity index (χ1) is 12.7. The number of carboxylic acid groups (broad SMARTS) is 1. The van der Waals surface area contributed by atoms with Gasteiger partial charge < -0.3 is 19.1 Å². The number of nitrogens with zero attached hydrogens (tertiary/aromatic N) is 1. The predicted molar refractivity (Wildman–Crippen MR) is 113 cm³/mol. The van der Waals surface area contributed by atoms with Crippen LogP contribution in [0.15, 0.2) is 30.3 Å². The number of quaternary nitrogens is 1. The van der Waals surface area contributed by atoms with E-state index in [0.29, 0.717) is 19.6 Å². The van der Waals surface area contributed by atoms with Crippen molar-refractivity contribution in [3.05, 3.63) is 30.3 Å². The average Bonchev–Trinajstić information content (AvgIpc) is 2.91. The van der Waals surface area contributed by atoms with Gasteiger partial charge in [0.05, 0.1) is 5.54 Å². The van der Waals surface area contributed by atoms with E-state index in [2.05, 4.69) is 33.9 Å². The lowest BCUT2D eigenvalue weighted by atomic mass is 10.00. The number of likely N-dealkylation sites (tertiary alicyclic amines) is 1. The molecule has 1 aromatic rings. The molecule has 158 valence electrons. The van der Waals surface area contributed by atoms with Gasteiger partial charge in [-0.1, -0.05) is 39.0 Å². The molecule has 1 aromatic carbocycles. The van der Waals surface area contributed by atoms with Crippen LogP contribution in [0.3, 0.4) is 0 Å². The predicted octanol–water partition coefficient (Wildman–Crippen LogP) is 4.19. The van der Waals surface area contributed by atoms with Gasteiger partial charge in [0.15, 0.2) is 8.32 Å². The van der Waals surface area contributed by atoms with Gasteiger partial charge in [-0.05, 0) is 51.0 Å². The number of rotatable bonds is 5. The fraction of sp³-hybridized carbons (Fsp3) is 0.682. The van der Waals surface area contributed by atoms with Crippen LogP contribution in [0.5, 0.6) is 5.75 Å². The Kier molecular flexibility index (Phi) is 6.39. The Morgan fingerprint density at radius 3 is 2.18 bits per heavy atom. The minimum absolute atomic E-state index is 0.0739. The Morgan fingerprint density at radius 2 is 1.71 bits per heavy atom. The number of benzene rings is 1. The maximum atomic E-state index is 12.5. The Hall–Kier alpha value is -1.37. The smallest absolute Gasteiger partial charge is 0.258 e. The average molecular weight is 408 g/mol. The van der Waals surface area contributed by atoms with Crippen molar-refractivity contribution in [1.29, 1.82) is 0 Å². The second-order valence-electron chi connectivity index (χ2n) is 10.5. The van der Waals surface area contributed by atoms with E-state index in [9.17, 15) is 9.90 Å². The van der Waals surface area contributed by atoms with Gasteiger partial charge in [0.25, 0.3) is 6.09 Å². The van der Waals surface area contributed by atoms with E-state index in [4.69, 9.17) is 9.16 Å². The number of para-hydroxylation sites is 1. The second kappa shape index (κ2) is 7.80.